The zero-order valence-electron chi connectivity index (χ0n) is 15.2. The van der Waals surface area contributed by atoms with Crippen molar-refractivity contribution >= 4 is 17.6 Å². The molecule has 2 rings (SSSR count). The first kappa shape index (κ1) is 18.3. The number of guanidine groups is 1. The minimum absolute atomic E-state index is 0.241. The molecule has 0 aromatic heterocycles. The Bertz CT molecular complexity index is 553. The second-order valence-corrected chi connectivity index (χ2v) is 6.34. The lowest BCUT2D eigenvalue weighted by Crippen LogP contribution is -2.39. The molecule has 0 unspecified atom stereocenters. The van der Waals surface area contributed by atoms with Crippen molar-refractivity contribution in [2.24, 2.45) is 4.99 Å². The molecule has 0 aliphatic carbocycles. The summed E-state index contributed by atoms with van der Waals surface area (Å²) in [5.41, 5.74) is 2.20. The van der Waals surface area contributed by atoms with E-state index in [0.29, 0.717) is 6.42 Å². The van der Waals surface area contributed by atoms with Crippen LogP contribution < -0.4 is 10.2 Å². The zero-order valence-corrected chi connectivity index (χ0v) is 15.2. The van der Waals surface area contributed by atoms with E-state index < -0.39 is 0 Å². The highest BCUT2D eigenvalue weighted by Crippen LogP contribution is 2.21. The number of rotatable bonds is 6. The summed E-state index contributed by atoms with van der Waals surface area (Å²) in [6.07, 6.45) is 5.12. The van der Waals surface area contributed by atoms with Gasteiger partial charge in [-0.05, 0) is 37.0 Å². The smallest absolute Gasteiger partial charge is 0.226 e. The predicted octanol–water partition coefficient (Wildman–Crippen LogP) is 3.01. The van der Waals surface area contributed by atoms with Gasteiger partial charge in [-0.2, -0.15) is 0 Å². The molecular weight excluding hydrogens is 300 g/mol. The van der Waals surface area contributed by atoms with Gasteiger partial charge in [0.2, 0.25) is 5.91 Å². The van der Waals surface area contributed by atoms with Crippen LogP contribution in [0.5, 0.6) is 0 Å². The van der Waals surface area contributed by atoms with Gasteiger partial charge in [0.1, 0.15) is 0 Å². The lowest BCUT2D eigenvalue weighted by atomic mass is 10.1. The highest BCUT2D eigenvalue weighted by Gasteiger charge is 2.19. The third kappa shape index (κ3) is 4.98. The van der Waals surface area contributed by atoms with Gasteiger partial charge in [0, 0.05) is 45.8 Å². The molecular formula is C19H30N4O. The molecule has 0 radical (unpaired) electrons. The Labute approximate surface area is 145 Å². The van der Waals surface area contributed by atoms with E-state index in [1.807, 2.05) is 24.1 Å². The number of benzene rings is 1. The first-order valence-electron chi connectivity index (χ1n) is 8.96. The average molecular weight is 330 g/mol. The molecule has 1 N–H and O–H groups in total. The van der Waals surface area contributed by atoms with Crippen LogP contribution in [0, 0.1) is 0 Å². The van der Waals surface area contributed by atoms with E-state index in [-0.39, 0.29) is 5.91 Å². The second kappa shape index (κ2) is 9.30. The Morgan fingerprint density at radius 2 is 2.04 bits per heavy atom. The van der Waals surface area contributed by atoms with Gasteiger partial charge in [-0.1, -0.05) is 25.5 Å². The number of unbranched alkanes of at least 4 members (excludes halogenated alkanes) is 1. The van der Waals surface area contributed by atoms with Crippen LogP contribution in [-0.2, 0) is 11.3 Å². The summed E-state index contributed by atoms with van der Waals surface area (Å²) < 4.78 is 0. The number of anilines is 1. The van der Waals surface area contributed by atoms with Gasteiger partial charge in [0.05, 0.1) is 0 Å². The molecule has 0 bridgehead atoms. The molecule has 5 nitrogen and oxygen atoms in total. The van der Waals surface area contributed by atoms with E-state index in [2.05, 4.69) is 41.3 Å². The molecule has 0 spiro atoms. The zero-order chi connectivity index (χ0) is 17.4. The summed E-state index contributed by atoms with van der Waals surface area (Å²) in [7, 11) is 3.88. The van der Waals surface area contributed by atoms with Crippen LogP contribution in [0.25, 0.3) is 0 Å². The maximum Gasteiger partial charge on any atom is 0.226 e. The Morgan fingerprint density at radius 3 is 2.67 bits per heavy atom. The molecule has 1 amide bonds. The lowest BCUT2D eigenvalue weighted by molar-refractivity contribution is -0.119. The summed E-state index contributed by atoms with van der Waals surface area (Å²) >= 11 is 0. The Balaban J connectivity index is 1.90. The quantitative estimate of drug-likeness (QED) is 0.644. The van der Waals surface area contributed by atoms with Crippen LogP contribution >= 0.6 is 0 Å². The number of amides is 1. The van der Waals surface area contributed by atoms with E-state index in [1.54, 1.807) is 0 Å². The van der Waals surface area contributed by atoms with Gasteiger partial charge in [0.15, 0.2) is 5.96 Å². The summed E-state index contributed by atoms with van der Waals surface area (Å²) in [5.74, 6) is 1.16. The largest absolute Gasteiger partial charge is 0.352 e. The summed E-state index contributed by atoms with van der Waals surface area (Å²) in [6, 6.07) is 8.26. The molecule has 0 saturated carbocycles. The molecule has 132 valence electrons. The standard InChI is InChI=1S/C19H30N4O/c1-4-5-13-22(3)19(20-2)21-15-16-9-11-17(12-10-16)23-14-7-6-8-18(23)24/h9-12H,4-8,13-15H2,1-3H3,(H,20,21). The highest BCUT2D eigenvalue weighted by atomic mass is 16.2. The number of carbonyl (C=O) groups is 1. The molecule has 1 saturated heterocycles. The number of nitrogens with zero attached hydrogens (tertiary/aromatic N) is 3. The van der Waals surface area contributed by atoms with Crippen molar-refractivity contribution in [1.82, 2.24) is 10.2 Å². The van der Waals surface area contributed by atoms with E-state index in [0.717, 1.165) is 50.5 Å². The normalized spacial score (nSPS) is 15.5. The minimum atomic E-state index is 0.241. The van der Waals surface area contributed by atoms with Crippen molar-refractivity contribution in [2.75, 3.05) is 32.1 Å². The van der Waals surface area contributed by atoms with Crippen molar-refractivity contribution in [3.05, 3.63) is 29.8 Å². The number of carbonyl (C=O) groups excluding carboxylic acids is 1. The Hall–Kier alpha value is -2.04. The highest BCUT2D eigenvalue weighted by molar-refractivity contribution is 5.93. The summed E-state index contributed by atoms with van der Waals surface area (Å²) in [4.78, 5) is 20.4. The molecule has 1 heterocycles. The number of hydrogen-bond acceptors (Lipinski definition) is 2. The van der Waals surface area contributed by atoms with Gasteiger partial charge in [0.25, 0.3) is 0 Å². The van der Waals surface area contributed by atoms with E-state index in [4.69, 9.17) is 0 Å². The van der Waals surface area contributed by atoms with Crippen molar-refractivity contribution < 1.29 is 4.79 Å². The summed E-state index contributed by atoms with van der Waals surface area (Å²) in [5, 5.41) is 3.40. The van der Waals surface area contributed by atoms with Crippen molar-refractivity contribution in [2.45, 2.75) is 45.6 Å². The molecule has 1 aromatic carbocycles. The molecule has 1 aliphatic heterocycles. The van der Waals surface area contributed by atoms with Crippen LogP contribution in [-0.4, -0.2) is 44.0 Å². The predicted molar refractivity (Wildman–Crippen MR) is 100 cm³/mol. The van der Waals surface area contributed by atoms with Crippen LogP contribution in [0.1, 0.15) is 44.6 Å². The first-order valence-corrected chi connectivity index (χ1v) is 8.96. The average Bonchev–Trinajstić information content (AvgIpc) is 2.61. The van der Waals surface area contributed by atoms with Crippen molar-refractivity contribution in [3.8, 4) is 0 Å². The fourth-order valence-corrected chi connectivity index (χ4v) is 2.94. The maximum atomic E-state index is 12.0. The van der Waals surface area contributed by atoms with Crippen LogP contribution in [0.4, 0.5) is 5.69 Å². The molecule has 1 fully saturated rings. The van der Waals surface area contributed by atoms with Crippen LogP contribution in [0.3, 0.4) is 0 Å². The molecule has 1 aromatic rings. The monoisotopic (exact) mass is 330 g/mol. The van der Waals surface area contributed by atoms with Gasteiger partial charge in [-0.3, -0.25) is 9.79 Å². The molecule has 5 heteroatoms. The SMILES string of the molecule is CCCCN(C)C(=NC)NCc1ccc(N2CCCCC2=O)cc1. The number of nitrogens with one attached hydrogen (secondary N) is 1. The van der Waals surface area contributed by atoms with Crippen LogP contribution in [0.15, 0.2) is 29.3 Å². The first-order chi connectivity index (χ1) is 11.7. The molecule has 1 aliphatic rings. The van der Waals surface area contributed by atoms with Gasteiger partial charge in [-0.15, -0.1) is 0 Å². The van der Waals surface area contributed by atoms with Crippen molar-refractivity contribution in [3.63, 3.8) is 0 Å². The number of piperidine rings is 1. The third-order valence-electron chi connectivity index (χ3n) is 4.44. The van der Waals surface area contributed by atoms with E-state index in [1.165, 1.54) is 12.0 Å². The minimum Gasteiger partial charge on any atom is -0.352 e. The third-order valence-corrected chi connectivity index (χ3v) is 4.44. The van der Waals surface area contributed by atoms with Crippen molar-refractivity contribution in [1.29, 1.82) is 0 Å². The lowest BCUT2D eigenvalue weighted by Gasteiger charge is -2.27. The Kier molecular flexibility index (Phi) is 7.09. The van der Waals surface area contributed by atoms with E-state index in [9.17, 15) is 4.79 Å². The van der Waals surface area contributed by atoms with Crippen LogP contribution in [0.2, 0.25) is 0 Å². The van der Waals surface area contributed by atoms with E-state index >= 15 is 0 Å². The topological polar surface area (TPSA) is 47.9 Å². The fourth-order valence-electron chi connectivity index (χ4n) is 2.94. The Morgan fingerprint density at radius 1 is 1.29 bits per heavy atom. The number of aliphatic imine (C=N–C) groups is 1. The number of hydrogen-bond donors (Lipinski definition) is 1. The fraction of sp³-hybridized carbons (Fsp3) is 0.579. The molecule has 0 atom stereocenters. The van der Waals surface area contributed by atoms with Gasteiger partial charge < -0.3 is 15.1 Å². The molecule has 24 heavy (non-hydrogen) atoms. The summed E-state index contributed by atoms with van der Waals surface area (Å²) in [6.45, 7) is 4.77. The second-order valence-electron chi connectivity index (χ2n) is 6.34. The van der Waals surface area contributed by atoms with Gasteiger partial charge >= 0.3 is 0 Å². The van der Waals surface area contributed by atoms with Gasteiger partial charge in [-0.25, -0.2) is 0 Å². The maximum absolute atomic E-state index is 12.0.